The molecule has 2 N–H and O–H groups in total. The van der Waals surface area contributed by atoms with E-state index < -0.39 is 53.0 Å². The first-order valence-electron chi connectivity index (χ1n) is 10.7. The smallest absolute Gasteiger partial charge is 0.372 e. The Hall–Kier alpha value is -3.18. The van der Waals surface area contributed by atoms with E-state index in [4.69, 9.17) is 0 Å². The van der Waals surface area contributed by atoms with Gasteiger partial charge in [-0.15, -0.1) is 11.8 Å². The Bertz CT molecular complexity index is 1140. The Kier molecular flexibility index (Phi) is 8.57. The van der Waals surface area contributed by atoms with Gasteiger partial charge in [-0.3, -0.25) is 4.79 Å². The van der Waals surface area contributed by atoms with Gasteiger partial charge in [0.15, 0.2) is 11.5 Å². The molecule has 2 unspecified atom stereocenters. The second kappa shape index (κ2) is 11.3. The van der Waals surface area contributed by atoms with Crippen LogP contribution in [0.4, 0.5) is 22.0 Å². The summed E-state index contributed by atoms with van der Waals surface area (Å²) in [7, 11) is 1.51. The van der Waals surface area contributed by atoms with Crippen molar-refractivity contribution in [2.24, 2.45) is 4.99 Å². The summed E-state index contributed by atoms with van der Waals surface area (Å²) in [4.78, 5) is 18.6. The molecule has 192 valence electrons. The minimum Gasteiger partial charge on any atom is -0.372 e. The van der Waals surface area contributed by atoms with E-state index >= 15 is 0 Å². The number of aliphatic hydroxyl groups is 1. The van der Waals surface area contributed by atoms with Crippen molar-refractivity contribution >= 4 is 23.6 Å². The Labute approximate surface area is 209 Å². The van der Waals surface area contributed by atoms with Gasteiger partial charge in [-0.05, 0) is 35.9 Å². The number of likely N-dealkylation sites (N-methyl/N-ethyl adjacent to an activating group) is 1. The van der Waals surface area contributed by atoms with E-state index in [1.54, 1.807) is 30.3 Å². The third-order valence-corrected chi connectivity index (χ3v) is 7.26. The molecule has 1 amide bonds. The number of nitrogens with zero attached hydrogens (tertiary/aromatic N) is 2. The number of carbonyl (C=O) groups excluding carboxylic acids is 1. The summed E-state index contributed by atoms with van der Waals surface area (Å²) in [5.41, 5.74) is -0.890. The number of alkyl halides is 4. The van der Waals surface area contributed by atoms with Gasteiger partial charge in [-0.2, -0.15) is 17.6 Å². The molecular weight excluding hydrogens is 501 g/mol. The van der Waals surface area contributed by atoms with Crippen LogP contribution in [0.3, 0.4) is 0 Å². The van der Waals surface area contributed by atoms with E-state index in [2.05, 4.69) is 16.9 Å². The van der Waals surface area contributed by atoms with Crippen LogP contribution < -0.4 is 5.32 Å². The van der Waals surface area contributed by atoms with Crippen LogP contribution in [0.2, 0.25) is 0 Å². The molecule has 1 heterocycles. The van der Waals surface area contributed by atoms with Crippen LogP contribution in [0.1, 0.15) is 17.0 Å². The first kappa shape index (κ1) is 27.4. The average Bonchev–Trinajstić information content (AvgIpc) is 3.10. The molecule has 11 heteroatoms. The van der Waals surface area contributed by atoms with E-state index in [1.165, 1.54) is 30.2 Å². The summed E-state index contributed by atoms with van der Waals surface area (Å²) in [5.74, 6) is -2.58. The quantitative estimate of drug-likeness (QED) is 0.158. The van der Waals surface area contributed by atoms with Crippen molar-refractivity contribution in [1.29, 1.82) is 0 Å². The number of aliphatic imine (C=N–C) groups is 1. The minimum atomic E-state index is -4.55. The summed E-state index contributed by atoms with van der Waals surface area (Å²) >= 11 is 1.00. The Morgan fingerprint density at radius 2 is 1.92 bits per heavy atom. The van der Waals surface area contributed by atoms with Gasteiger partial charge in [0.1, 0.15) is 6.23 Å². The predicted octanol–water partition coefficient (Wildman–Crippen LogP) is 5.07. The maximum Gasteiger partial charge on any atom is 0.416 e. The molecule has 1 fully saturated rings. The van der Waals surface area contributed by atoms with E-state index in [1.807, 2.05) is 0 Å². The fraction of sp³-hybridized carbons (Fsp3) is 0.280. The number of hydrogen-bond donors (Lipinski definition) is 2. The van der Waals surface area contributed by atoms with Gasteiger partial charge in [0.2, 0.25) is 11.9 Å². The van der Waals surface area contributed by atoms with Crippen LogP contribution in [-0.4, -0.2) is 53.2 Å². The number of thioether (sulfide) groups is 1. The molecule has 1 aliphatic rings. The van der Waals surface area contributed by atoms with Crippen molar-refractivity contribution in [3.63, 3.8) is 0 Å². The minimum absolute atomic E-state index is 0.0737. The van der Waals surface area contributed by atoms with Crippen LogP contribution in [0, 0.1) is 0 Å². The first-order valence-corrected chi connectivity index (χ1v) is 11.6. The highest BCUT2D eigenvalue weighted by Gasteiger charge is 2.59. The van der Waals surface area contributed by atoms with Crippen LogP contribution in [0.25, 0.3) is 0 Å². The number of benzene rings is 2. The number of halogens is 5. The molecule has 0 spiro atoms. The van der Waals surface area contributed by atoms with Crippen molar-refractivity contribution in [2.75, 3.05) is 20.4 Å². The zero-order chi connectivity index (χ0) is 26.5. The summed E-state index contributed by atoms with van der Waals surface area (Å²) < 4.78 is 64.7. The number of carbonyl (C=O) groups is 1. The van der Waals surface area contributed by atoms with Crippen molar-refractivity contribution in [2.45, 2.75) is 28.0 Å². The van der Waals surface area contributed by atoms with E-state index in [0.717, 1.165) is 30.0 Å². The second-order valence-electron chi connectivity index (χ2n) is 8.00. The SMILES string of the molecule is C=C/C=C(NC(O)[C@@]1(Sc2ccccc2)C(=O)N(C)CC1c1ccc(C(F)(F)F)cc1)\C(F)=N/CF. The molecule has 0 radical (unpaired) electrons. The molecule has 3 rings (SSSR count). The fourth-order valence-electron chi connectivity index (χ4n) is 4.05. The molecule has 0 bridgehead atoms. The number of aliphatic hydroxyl groups excluding tert-OH is 1. The number of hydrogen-bond acceptors (Lipinski definition) is 5. The third-order valence-electron chi connectivity index (χ3n) is 5.73. The number of rotatable bonds is 9. The molecule has 1 aliphatic heterocycles. The van der Waals surface area contributed by atoms with Crippen molar-refractivity contribution in [3.05, 3.63) is 90.2 Å². The number of allylic oxidation sites excluding steroid dienone is 3. The van der Waals surface area contributed by atoms with E-state index in [-0.39, 0.29) is 6.54 Å². The third kappa shape index (κ3) is 5.62. The zero-order valence-electron chi connectivity index (χ0n) is 19.2. The highest BCUT2D eigenvalue weighted by Crippen LogP contribution is 2.51. The molecule has 36 heavy (non-hydrogen) atoms. The first-order chi connectivity index (χ1) is 17.0. The molecule has 0 saturated carbocycles. The highest BCUT2D eigenvalue weighted by atomic mass is 32.2. The van der Waals surface area contributed by atoms with Crippen LogP contribution >= 0.6 is 11.8 Å². The standard InChI is InChI=1S/C25H24F5N3O2S/c1-3-7-20(21(27)31-15-26)32-22(34)24(36-18-8-5-4-6-9-18)19(14-33(2)23(24)35)16-10-12-17(13-11-16)25(28,29)30/h3-13,19,22,32,34H,1,14-15H2,2H3/b20-7+,31-21+/t19?,22?,24-/m1/s1. The van der Waals surface area contributed by atoms with Crippen molar-refractivity contribution in [3.8, 4) is 0 Å². The molecule has 2 aromatic carbocycles. The van der Waals surface area contributed by atoms with E-state index in [9.17, 15) is 31.9 Å². The highest BCUT2D eigenvalue weighted by molar-refractivity contribution is 8.01. The second-order valence-corrected chi connectivity index (χ2v) is 9.35. The maximum atomic E-state index is 14.4. The molecule has 5 nitrogen and oxygen atoms in total. The van der Waals surface area contributed by atoms with Gasteiger partial charge in [0, 0.05) is 24.4 Å². The number of nitrogens with one attached hydrogen (secondary N) is 1. The normalized spacial score (nSPS) is 22.0. The molecule has 1 saturated heterocycles. The largest absolute Gasteiger partial charge is 0.416 e. The monoisotopic (exact) mass is 525 g/mol. The van der Waals surface area contributed by atoms with Crippen molar-refractivity contribution in [1.82, 2.24) is 10.2 Å². The Balaban J connectivity index is 2.13. The van der Waals surface area contributed by atoms with Crippen molar-refractivity contribution < 1.29 is 31.9 Å². The number of likely N-dealkylation sites (tertiary alicyclic amines) is 1. The van der Waals surface area contributed by atoms with Gasteiger partial charge in [0.05, 0.1) is 11.3 Å². The lowest BCUT2D eigenvalue weighted by Gasteiger charge is -2.37. The van der Waals surface area contributed by atoms with Gasteiger partial charge in [-0.1, -0.05) is 43.0 Å². The van der Waals surface area contributed by atoms with Gasteiger partial charge < -0.3 is 15.3 Å². The fourth-order valence-corrected chi connectivity index (χ4v) is 5.50. The van der Waals surface area contributed by atoms with Gasteiger partial charge in [-0.25, -0.2) is 9.38 Å². The average molecular weight is 526 g/mol. The summed E-state index contributed by atoms with van der Waals surface area (Å²) in [6.45, 7) is 2.19. The lowest BCUT2D eigenvalue weighted by Crippen LogP contribution is -2.55. The Morgan fingerprint density at radius 3 is 2.47 bits per heavy atom. The van der Waals surface area contributed by atoms with Crippen LogP contribution in [-0.2, 0) is 11.0 Å². The molecule has 2 aromatic rings. The Morgan fingerprint density at radius 1 is 1.28 bits per heavy atom. The molecule has 0 aromatic heterocycles. The summed E-state index contributed by atoms with van der Waals surface area (Å²) in [5, 5.41) is 13.9. The van der Waals surface area contributed by atoms with Gasteiger partial charge in [0.25, 0.3) is 0 Å². The molecule has 3 atom stereocenters. The molecule has 0 aliphatic carbocycles. The van der Waals surface area contributed by atoms with Gasteiger partial charge >= 0.3 is 6.18 Å². The summed E-state index contributed by atoms with van der Waals surface area (Å²) in [6.07, 6.45) is -4.00. The predicted molar refractivity (Wildman–Crippen MR) is 129 cm³/mol. The van der Waals surface area contributed by atoms with Crippen LogP contribution in [0.15, 0.2) is 88.9 Å². The maximum absolute atomic E-state index is 14.4. The molecular formula is C25H24F5N3O2S. The topological polar surface area (TPSA) is 64.9 Å². The number of amides is 1. The lowest BCUT2D eigenvalue weighted by molar-refractivity contribution is -0.137. The summed E-state index contributed by atoms with van der Waals surface area (Å²) in [6, 6.07) is 13.0. The van der Waals surface area contributed by atoms with E-state index in [0.29, 0.717) is 10.5 Å². The zero-order valence-corrected chi connectivity index (χ0v) is 20.0. The van der Waals surface area contributed by atoms with Crippen LogP contribution in [0.5, 0.6) is 0 Å². The lowest BCUT2D eigenvalue weighted by atomic mass is 9.85.